The fraction of sp³-hybridized carbons (Fsp3) is 0.417. The summed E-state index contributed by atoms with van der Waals surface area (Å²) in [6.45, 7) is 5.26. The SMILES string of the molecule is CC(C)(C)C(NC(=O)c1ccccn1)C(=O)O. The molecule has 0 saturated carbocycles. The molecule has 1 aromatic heterocycles. The quantitative estimate of drug-likeness (QED) is 0.829. The van der Waals surface area contributed by atoms with Gasteiger partial charge in [-0.3, -0.25) is 9.78 Å². The molecule has 0 aliphatic carbocycles. The van der Waals surface area contributed by atoms with Crippen LogP contribution in [0.5, 0.6) is 0 Å². The van der Waals surface area contributed by atoms with Crippen molar-refractivity contribution in [3.8, 4) is 0 Å². The number of carboxylic acids is 1. The summed E-state index contributed by atoms with van der Waals surface area (Å²) in [5.41, 5.74) is -0.348. The van der Waals surface area contributed by atoms with E-state index in [1.165, 1.54) is 12.3 Å². The van der Waals surface area contributed by atoms with Crippen molar-refractivity contribution in [3.05, 3.63) is 30.1 Å². The Morgan fingerprint density at radius 1 is 1.35 bits per heavy atom. The lowest BCUT2D eigenvalue weighted by Gasteiger charge is -2.27. The highest BCUT2D eigenvalue weighted by molar-refractivity contribution is 5.95. The molecule has 5 heteroatoms. The lowest BCUT2D eigenvalue weighted by molar-refractivity contribution is -0.142. The number of amides is 1. The summed E-state index contributed by atoms with van der Waals surface area (Å²) >= 11 is 0. The standard InChI is InChI=1S/C12H16N2O3/c1-12(2,3)9(11(16)17)14-10(15)8-6-4-5-7-13-8/h4-7,9H,1-3H3,(H,14,15)(H,16,17). The van der Waals surface area contributed by atoms with Gasteiger partial charge in [-0.2, -0.15) is 0 Å². The molecular formula is C12H16N2O3. The molecule has 1 atom stereocenters. The minimum atomic E-state index is -1.05. The smallest absolute Gasteiger partial charge is 0.326 e. The first-order valence-electron chi connectivity index (χ1n) is 5.27. The maximum atomic E-state index is 11.8. The molecule has 1 heterocycles. The minimum Gasteiger partial charge on any atom is -0.480 e. The van der Waals surface area contributed by atoms with Gasteiger partial charge in [0.25, 0.3) is 5.91 Å². The Bertz CT molecular complexity index is 410. The average Bonchev–Trinajstić information content (AvgIpc) is 2.24. The Labute approximate surface area is 99.9 Å². The number of carbonyl (C=O) groups excluding carboxylic acids is 1. The predicted molar refractivity (Wildman–Crippen MR) is 62.6 cm³/mol. The highest BCUT2D eigenvalue weighted by atomic mass is 16.4. The van der Waals surface area contributed by atoms with E-state index in [0.29, 0.717) is 0 Å². The molecule has 0 aromatic carbocycles. The highest BCUT2D eigenvalue weighted by Crippen LogP contribution is 2.19. The van der Waals surface area contributed by atoms with E-state index < -0.39 is 23.3 Å². The molecule has 0 saturated heterocycles. The van der Waals surface area contributed by atoms with Crippen LogP contribution >= 0.6 is 0 Å². The van der Waals surface area contributed by atoms with Crippen LogP contribution in [0.3, 0.4) is 0 Å². The number of nitrogens with zero attached hydrogens (tertiary/aromatic N) is 1. The van der Waals surface area contributed by atoms with E-state index in [2.05, 4.69) is 10.3 Å². The van der Waals surface area contributed by atoms with Gasteiger partial charge in [-0.05, 0) is 17.5 Å². The summed E-state index contributed by atoms with van der Waals surface area (Å²) < 4.78 is 0. The van der Waals surface area contributed by atoms with Crippen molar-refractivity contribution in [3.63, 3.8) is 0 Å². The van der Waals surface area contributed by atoms with Crippen LogP contribution < -0.4 is 5.32 Å². The number of pyridine rings is 1. The molecule has 5 nitrogen and oxygen atoms in total. The Hall–Kier alpha value is -1.91. The molecule has 1 unspecified atom stereocenters. The van der Waals surface area contributed by atoms with Gasteiger partial charge in [0.15, 0.2) is 0 Å². The summed E-state index contributed by atoms with van der Waals surface area (Å²) in [6, 6.07) is 3.96. The zero-order valence-electron chi connectivity index (χ0n) is 10.1. The monoisotopic (exact) mass is 236 g/mol. The van der Waals surface area contributed by atoms with Crippen LogP contribution in [0.25, 0.3) is 0 Å². The van der Waals surface area contributed by atoms with Crippen molar-refractivity contribution < 1.29 is 14.7 Å². The Kier molecular flexibility index (Phi) is 3.83. The highest BCUT2D eigenvalue weighted by Gasteiger charge is 2.32. The first-order valence-corrected chi connectivity index (χ1v) is 5.27. The summed E-state index contributed by atoms with van der Waals surface area (Å²) in [4.78, 5) is 26.7. The number of aromatic nitrogens is 1. The third kappa shape index (κ3) is 3.55. The lowest BCUT2D eigenvalue weighted by Crippen LogP contribution is -2.49. The summed E-state index contributed by atoms with van der Waals surface area (Å²) in [5, 5.41) is 11.5. The van der Waals surface area contributed by atoms with Gasteiger partial charge in [-0.25, -0.2) is 4.79 Å². The first-order chi connectivity index (χ1) is 7.82. The molecule has 17 heavy (non-hydrogen) atoms. The largest absolute Gasteiger partial charge is 0.480 e. The fourth-order valence-corrected chi connectivity index (χ4v) is 1.35. The van der Waals surface area contributed by atoms with Crippen molar-refractivity contribution >= 4 is 11.9 Å². The second kappa shape index (κ2) is 4.95. The molecule has 0 radical (unpaired) electrons. The van der Waals surface area contributed by atoms with Crippen LogP contribution in [0, 0.1) is 5.41 Å². The topological polar surface area (TPSA) is 79.3 Å². The Balaban J connectivity index is 2.83. The average molecular weight is 236 g/mol. The zero-order valence-corrected chi connectivity index (χ0v) is 10.1. The van der Waals surface area contributed by atoms with Gasteiger partial charge in [0, 0.05) is 6.20 Å². The van der Waals surface area contributed by atoms with Crippen LogP contribution in [0.15, 0.2) is 24.4 Å². The number of nitrogens with one attached hydrogen (secondary N) is 1. The minimum absolute atomic E-state index is 0.211. The maximum Gasteiger partial charge on any atom is 0.326 e. The number of carbonyl (C=O) groups is 2. The van der Waals surface area contributed by atoms with Gasteiger partial charge in [-0.1, -0.05) is 26.8 Å². The summed E-state index contributed by atoms with van der Waals surface area (Å²) in [7, 11) is 0. The lowest BCUT2D eigenvalue weighted by atomic mass is 9.86. The molecule has 0 fully saturated rings. The van der Waals surface area contributed by atoms with E-state index >= 15 is 0 Å². The molecular weight excluding hydrogens is 220 g/mol. The van der Waals surface area contributed by atoms with E-state index in [9.17, 15) is 9.59 Å². The number of hydrogen-bond donors (Lipinski definition) is 2. The number of carboxylic acid groups (broad SMARTS) is 1. The third-order valence-electron chi connectivity index (χ3n) is 2.29. The van der Waals surface area contributed by atoms with Crippen molar-refractivity contribution in [1.82, 2.24) is 10.3 Å². The van der Waals surface area contributed by atoms with Crippen LogP contribution in [0.2, 0.25) is 0 Å². The molecule has 0 aliphatic rings. The molecule has 2 N–H and O–H groups in total. The van der Waals surface area contributed by atoms with Crippen LogP contribution in [-0.4, -0.2) is 28.0 Å². The van der Waals surface area contributed by atoms with Crippen LogP contribution in [0.4, 0.5) is 0 Å². The Morgan fingerprint density at radius 2 is 2.00 bits per heavy atom. The Morgan fingerprint density at radius 3 is 2.41 bits per heavy atom. The number of hydrogen-bond acceptors (Lipinski definition) is 3. The van der Waals surface area contributed by atoms with Crippen molar-refractivity contribution in [2.75, 3.05) is 0 Å². The molecule has 1 aromatic rings. The van der Waals surface area contributed by atoms with Crippen molar-refractivity contribution in [1.29, 1.82) is 0 Å². The van der Waals surface area contributed by atoms with Gasteiger partial charge < -0.3 is 10.4 Å². The van der Waals surface area contributed by atoms with Gasteiger partial charge in [0.2, 0.25) is 0 Å². The van der Waals surface area contributed by atoms with Crippen molar-refractivity contribution in [2.45, 2.75) is 26.8 Å². The number of rotatable bonds is 3. The molecule has 1 rings (SSSR count). The second-order valence-corrected chi connectivity index (χ2v) is 4.83. The molecule has 0 bridgehead atoms. The van der Waals surface area contributed by atoms with E-state index in [4.69, 9.17) is 5.11 Å². The number of aliphatic carboxylic acids is 1. The van der Waals surface area contributed by atoms with Gasteiger partial charge >= 0.3 is 5.97 Å². The van der Waals surface area contributed by atoms with Crippen LogP contribution in [-0.2, 0) is 4.79 Å². The summed E-state index contributed by atoms with van der Waals surface area (Å²) in [6.07, 6.45) is 1.49. The van der Waals surface area contributed by atoms with E-state index in [-0.39, 0.29) is 5.69 Å². The summed E-state index contributed by atoms with van der Waals surface area (Å²) in [5.74, 6) is -1.53. The van der Waals surface area contributed by atoms with E-state index in [0.717, 1.165) is 0 Å². The predicted octanol–water partition coefficient (Wildman–Crippen LogP) is 1.31. The normalized spacial score (nSPS) is 12.9. The maximum absolute atomic E-state index is 11.8. The van der Waals surface area contributed by atoms with E-state index in [1.54, 1.807) is 32.9 Å². The molecule has 0 spiro atoms. The molecule has 92 valence electrons. The second-order valence-electron chi connectivity index (χ2n) is 4.83. The molecule has 1 amide bonds. The third-order valence-corrected chi connectivity index (χ3v) is 2.29. The van der Waals surface area contributed by atoms with Gasteiger partial charge in [0.05, 0.1) is 0 Å². The van der Waals surface area contributed by atoms with Gasteiger partial charge in [-0.15, -0.1) is 0 Å². The van der Waals surface area contributed by atoms with Gasteiger partial charge in [0.1, 0.15) is 11.7 Å². The fourth-order valence-electron chi connectivity index (χ4n) is 1.35. The molecule has 0 aliphatic heterocycles. The zero-order chi connectivity index (χ0) is 13.1. The first kappa shape index (κ1) is 13.2. The van der Waals surface area contributed by atoms with Crippen molar-refractivity contribution in [2.24, 2.45) is 5.41 Å². The van der Waals surface area contributed by atoms with Crippen LogP contribution in [0.1, 0.15) is 31.3 Å². The van der Waals surface area contributed by atoms with E-state index in [1.807, 2.05) is 0 Å².